The normalized spacial score (nSPS) is 12.0. The number of nitrogens with two attached hydrogens (primary N) is 1. The van der Waals surface area contributed by atoms with E-state index in [1.165, 1.54) is 64.2 Å². The molecule has 0 rings (SSSR count). The van der Waals surface area contributed by atoms with Crippen molar-refractivity contribution in [2.45, 2.75) is 110 Å². The van der Waals surface area contributed by atoms with Gasteiger partial charge in [-0.25, -0.2) is 0 Å². The lowest BCUT2D eigenvalue weighted by Gasteiger charge is -2.29. The molecule has 0 aliphatic rings. The van der Waals surface area contributed by atoms with Crippen LogP contribution in [0.25, 0.3) is 0 Å². The Balaban J connectivity index is 3.60. The van der Waals surface area contributed by atoms with Gasteiger partial charge >= 0.3 is 0 Å². The van der Waals surface area contributed by atoms with Gasteiger partial charge < -0.3 is 15.9 Å². The van der Waals surface area contributed by atoms with Crippen molar-refractivity contribution in [3.8, 4) is 0 Å². The van der Waals surface area contributed by atoms with Gasteiger partial charge in [0.15, 0.2) is 0 Å². The standard InChI is InChI=1S/C22H45NO3/c1-20(2)14-12-10-8-6-4-3-5-7-9-11-13-15-22(16-18-24,17-19-25)21(23)26/h20,24-25H,3-19H2,1-2H3,(H2,23,26). The predicted octanol–water partition coefficient (Wildman–Crippen LogP) is 4.95. The lowest BCUT2D eigenvalue weighted by Crippen LogP contribution is -2.39. The quantitative estimate of drug-likeness (QED) is 0.281. The van der Waals surface area contributed by atoms with Gasteiger partial charge in [0.1, 0.15) is 0 Å². The van der Waals surface area contributed by atoms with E-state index in [4.69, 9.17) is 5.73 Å². The smallest absolute Gasteiger partial charge is 0.223 e. The minimum absolute atomic E-state index is 0.0551. The monoisotopic (exact) mass is 371 g/mol. The molecule has 156 valence electrons. The van der Waals surface area contributed by atoms with Crippen LogP contribution in [0.5, 0.6) is 0 Å². The highest BCUT2D eigenvalue weighted by molar-refractivity contribution is 5.80. The first-order chi connectivity index (χ1) is 12.5. The van der Waals surface area contributed by atoms with Crippen molar-refractivity contribution in [2.24, 2.45) is 17.1 Å². The van der Waals surface area contributed by atoms with Gasteiger partial charge in [-0.2, -0.15) is 0 Å². The van der Waals surface area contributed by atoms with Gasteiger partial charge in [-0.05, 0) is 25.2 Å². The number of carbonyl (C=O) groups is 1. The second-order valence-corrected chi connectivity index (χ2v) is 8.41. The van der Waals surface area contributed by atoms with Crippen LogP contribution in [0.3, 0.4) is 0 Å². The zero-order valence-electron chi connectivity index (χ0n) is 17.5. The summed E-state index contributed by atoms with van der Waals surface area (Å²) in [5, 5.41) is 18.4. The maximum absolute atomic E-state index is 11.8. The molecular formula is C22H45NO3. The summed E-state index contributed by atoms with van der Waals surface area (Å²) in [6, 6.07) is 0. The molecule has 0 aliphatic heterocycles. The first-order valence-electron chi connectivity index (χ1n) is 11.0. The lowest BCUT2D eigenvalue weighted by molar-refractivity contribution is -0.130. The predicted molar refractivity (Wildman–Crippen MR) is 110 cm³/mol. The van der Waals surface area contributed by atoms with Gasteiger partial charge in [-0.1, -0.05) is 90.9 Å². The second kappa shape index (κ2) is 16.6. The third-order valence-electron chi connectivity index (χ3n) is 5.64. The van der Waals surface area contributed by atoms with E-state index in [1.54, 1.807) is 0 Å². The van der Waals surface area contributed by atoms with Gasteiger partial charge in [-0.15, -0.1) is 0 Å². The molecule has 0 saturated heterocycles. The Kier molecular flexibility index (Phi) is 16.2. The van der Waals surface area contributed by atoms with Crippen LogP contribution in [0.4, 0.5) is 0 Å². The first-order valence-corrected chi connectivity index (χ1v) is 11.0. The molecule has 0 atom stereocenters. The highest BCUT2D eigenvalue weighted by Crippen LogP contribution is 2.32. The number of aliphatic hydroxyl groups excluding tert-OH is 2. The van der Waals surface area contributed by atoms with Crippen LogP contribution in [0, 0.1) is 11.3 Å². The fraction of sp³-hybridized carbons (Fsp3) is 0.955. The Bertz CT molecular complexity index is 325. The fourth-order valence-electron chi connectivity index (χ4n) is 3.78. The van der Waals surface area contributed by atoms with Crippen molar-refractivity contribution >= 4 is 5.91 Å². The van der Waals surface area contributed by atoms with Gasteiger partial charge in [-0.3, -0.25) is 4.79 Å². The Labute approximate surface area is 161 Å². The van der Waals surface area contributed by atoms with Crippen LogP contribution in [0.2, 0.25) is 0 Å². The molecule has 0 bridgehead atoms. The summed E-state index contributed by atoms with van der Waals surface area (Å²) in [5.74, 6) is 0.462. The number of hydrogen-bond acceptors (Lipinski definition) is 3. The van der Waals surface area contributed by atoms with Crippen molar-refractivity contribution in [2.75, 3.05) is 13.2 Å². The molecule has 4 N–H and O–H groups in total. The highest BCUT2D eigenvalue weighted by Gasteiger charge is 2.34. The Morgan fingerprint density at radius 1 is 0.731 bits per heavy atom. The van der Waals surface area contributed by atoms with Gasteiger partial charge in [0.2, 0.25) is 5.91 Å². The van der Waals surface area contributed by atoms with Crippen LogP contribution in [-0.2, 0) is 4.79 Å². The minimum atomic E-state index is -0.723. The number of hydrogen-bond donors (Lipinski definition) is 3. The van der Waals surface area contributed by atoms with Crippen molar-refractivity contribution in [1.29, 1.82) is 0 Å². The van der Waals surface area contributed by atoms with Crippen LogP contribution in [0.15, 0.2) is 0 Å². The van der Waals surface area contributed by atoms with E-state index < -0.39 is 5.41 Å². The summed E-state index contributed by atoms with van der Waals surface area (Å²) in [5.41, 5.74) is 4.81. The maximum Gasteiger partial charge on any atom is 0.223 e. The van der Waals surface area contributed by atoms with E-state index >= 15 is 0 Å². The molecule has 0 spiro atoms. The third kappa shape index (κ3) is 12.7. The number of unbranched alkanes of at least 4 members (excludes halogenated alkanes) is 10. The minimum Gasteiger partial charge on any atom is -0.396 e. The molecule has 0 aliphatic carbocycles. The number of amides is 1. The molecular weight excluding hydrogens is 326 g/mol. The number of aliphatic hydroxyl groups is 2. The average molecular weight is 372 g/mol. The SMILES string of the molecule is CC(C)CCCCCCCCCCCCCC(CCO)(CCO)C(N)=O. The third-order valence-corrected chi connectivity index (χ3v) is 5.64. The Morgan fingerprint density at radius 2 is 1.12 bits per heavy atom. The van der Waals surface area contributed by atoms with Crippen LogP contribution in [-0.4, -0.2) is 29.3 Å². The van der Waals surface area contributed by atoms with Crippen molar-refractivity contribution in [3.63, 3.8) is 0 Å². The molecule has 0 aromatic carbocycles. The first kappa shape index (κ1) is 25.4. The van der Waals surface area contributed by atoms with Crippen molar-refractivity contribution in [1.82, 2.24) is 0 Å². The Morgan fingerprint density at radius 3 is 1.46 bits per heavy atom. The highest BCUT2D eigenvalue weighted by atomic mass is 16.3. The van der Waals surface area contributed by atoms with E-state index in [0.29, 0.717) is 19.3 Å². The molecule has 4 heteroatoms. The van der Waals surface area contributed by atoms with Gasteiger partial charge in [0.25, 0.3) is 0 Å². The zero-order chi connectivity index (χ0) is 19.7. The van der Waals surface area contributed by atoms with E-state index in [9.17, 15) is 15.0 Å². The number of carbonyl (C=O) groups excluding carboxylic acids is 1. The number of rotatable bonds is 19. The maximum atomic E-state index is 11.8. The van der Waals surface area contributed by atoms with Gasteiger partial charge in [0.05, 0.1) is 5.41 Å². The molecule has 0 saturated carbocycles. The summed E-state index contributed by atoms with van der Waals surface area (Å²) in [6.07, 6.45) is 16.8. The Hall–Kier alpha value is -0.610. The second-order valence-electron chi connectivity index (χ2n) is 8.41. The number of primary amides is 1. The van der Waals surface area contributed by atoms with Crippen molar-refractivity contribution in [3.05, 3.63) is 0 Å². The lowest BCUT2D eigenvalue weighted by atomic mass is 9.76. The summed E-state index contributed by atoms with van der Waals surface area (Å²) in [6.45, 7) is 4.49. The van der Waals surface area contributed by atoms with Crippen LogP contribution in [0.1, 0.15) is 110 Å². The van der Waals surface area contributed by atoms with E-state index in [-0.39, 0.29) is 19.1 Å². The molecule has 1 amide bonds. The summed E-state index contributed by atoms with van der Waals surface area (Å²) >= 11 is 0. The fourth-order valence-corrected chi connectivity index (χ4v) is 3.78. The summed E-state index contributed by atoms with van der Waals surface area (Å²) < 4.78 is 0. The molecule has 0 aromatic rings. The topological polar surface area (TPSA) is 83.6 Å². The zero-order valence-corrected chi connectivity index (χ0v) is 17.5. The molecule has 0 unspecified atom stereocenters. The largest absolute Gasteiger partial charge is 0.396 e. The molecule has 26 heavy (non-hydrogen) atoms. The van der Waals surface area contributed by atoms with E-state index in [0.717, 1.165) is 18.8 Å². The molecule has 0 radical (unpaired) electrons. The summed E-state index contributed by atoms with van der Waals surface area (Å²) in [7, 11) is 0. The van der Waals surface area contributed by atoms with E-state index in [1.807, 2.05) is 0 Å². The summed E-state index contributed by atoms with van der Waals surface area (Å²) in [4.78, 5) is 11.8. The molecule has 0 aromatic heterocycles. The molecule has 4 nitrogen and oxygen atoms in total. The molecule has 0 fully saturated rings. The molecule has 0 heterocycles. The van der Waals surface area contributed by atoms with Crippen LogP contribution >= 0.6 is 0 Å². The average Bonchev–Trinajstić information content (AvgIpc) is 2.58. The van der Waals surface area contributed by atoms with E-state index in [2.05, 4.69) is 13.8 Å². The van der Waals surface area contributed by atoms with Gasteiger partial charge in [0, 0.05) is 13.2 Å². The van der Waals surface area contributed by atoms with Crippen molar-refractivity contribution < 1.29 is 15.0 Å². The van der Waals surface area contributed by atoms with Crippen LogP contribution < -0.4 is 5.73 Å².